The van der Waals surface area contributed by atoms with Crippen LogP contribution in [0.5, 0.6) is 0 Å². The highest BCUT2D eigenvalue weighted by atomic mass is 32.2. The van der Waals surface area contributed by atoms with Crippen LogP contribution >= 0.6 is 0 Å². The average molecular weight is 206 g/mol. The van der Waals surface area contributed by atoms with Gasteiger partial charge in [-0.25, -0.2) is 4.68 Å². The molecule has 13 heavy (non-hydrogen) atoms. The van der Waals surface area contributed by atoms with Gasteiger partial charge in [-0.15, -0.1) is 0 Å². The third-order valence-electron chi connectivity index (χ3n) is 1.47. The molecule has 1 aromatic rings. The Hall–Kier alpha value is -1.28. The van der Waals surface area contributed by atoms with Gasteiger partial charge in [-0.05, 0) is 0 Å². The molecule has 1 rings (SSSR count). The molecular formula is C5H10N4O3S. The molecule has 1 heterocycles. The third kappa shape index (κ3) is 2.60. The Morgan fingerprint density at radius 3 is 2.54 bits per heavy atom. The van der Waals surface area contributed by atoms with E-state index in [0.29, 0.717) is 0 Å². The van der Waals surface area contributed by atoms with Crippen molar-refractivity contribution in [3.05, 3.63) is 6.20 Å². The molecule has 0 unspecified atom stereocenters. The maximum absolute atomic E-state index is 10.4. The van der Waals surface area contributed by atoms with Crippen LogP contribution in [-0.2, 0) is 16.7 Å². The summed E-state index contributed by atoms with van der Waals surface area (Å²) >= 11 is 0. The normalized spacial score (nSPS) is 11.8. The first-order valence-electron chi connectivity index (χ1n) is 3.42. The number of nitrogens with zero attached hydrogens (tertiary/aromatic N) is 2. The van der Waals surface area contributed by atoms with Crippen LogP contribution in [0.2, 0.25) is 0 Å². The molecule has 0 aromatic carbocycles. The fourth-order valence-corrected chi connectivity index (χ4v) is 1.19. The summed E-state index contributed by atoms with van der Waals surface area (Å²) in [6, 6.07) is 0. The standard InChI is InChI=1S/C5H10N4O3S/c6-4-3-8-9(5(4)7)1-2-13(10,11)12/h3H,1-2,6-7H2,(H,10,11,12). The maximum atomic E-state index is 10.4. The Bertz CT molecular complexity index is 396. The van der Waals surface area contributed by atoms with Crippen molar-refractivity contribution in [2.45, 2.75) is 6.54 Å². The van der Waals surface area contributed by atoms with Crippen LogP contribution in [0.1, 0.15) is 0 Å². The molecule has 1 aromatic heterocycles. The minimum Gasteiger partial charge on any atom is -0.394 e. The Balaban J connectivity index is 2.71. The number of nitrogen functional groups attached to an aromatic ring is 2. The second-order valence-corrected chi connectivity index (χ2v) is 4.07. The summed E-state index contributed by atoms with van der Waals surface area (Å²) in [6.45, 7) is -0.0120. The Kier molecular flexibility index (Phi) is 2.43. The molecule has 0 saturated carbocycles. The molecule has 0 saturated heterocycles. The first kappa shape index (κ1) is 9.81. The quantitative estimate of drug-likeness (QED) is 0.541. The SMILES string of the molecule is Nc1cnn(CCS(=O)(=O)O)c1N. The predicted octanol–water partition coefficient (Wildman–Crippen LogP) is -1.06. The molecule has 0 fully saturated rings. The van der Waals surface area contributed by atoms with Crippen molar-refractivity contribution >= 4 is 21.6 Å². The van der Waals surface area contributed by atoms with Gasteiger partial charge in [0.2, 0.25) is 0 Å². The highest BCUT2D eigenvalue weighted by Crippen LogP contribution is 2.11. The van der Waals surface area contributed by atoms with Gasteiger partial charge in [0.15, 0.2) is 0 Å². The summed E-state index contributed by atoms with van der Waals surface area (Å²) in [6.07, 6.45) is 1.32. The number of hydrogen-bond donors (Lipinski definition) is 3. The van der Waals surface area contributed by atoms with E-state index < -0.39 is 15.9 Å². The molecule has 0 aliphatic rings. The lowest BCUT2D eigenvalue weighted by Gasteiger charge is -2.01. The van der Waals surface area contributed by atoms with Crippen molar-refractivity contribution in [1.82, 2.24) is 9.78 Å². The maximum Gasteiger partial charge on any atom is 0.266 e. The summed E-state index contributed by atoms with van der Waals surface area (Å²) in [5, 5.41) is 3.71. The van der Waals surface area contributed by atoms with Gasteiger partial charge in [-0.1, -0.05) is 0 Å². The molecule has 8 heteroatoms. The third-order valence-corrected chi connectivity index (χ3v) is 2.17. The largest absolute Gasteiger partial charge is 0.394 e. The van der Waals surface area contributed by atoms with Gasteiger partial charge >= 0.3 is 0 Å². The van der Waals surface area contributed by atoms with Crippen LogP contribution in [0, 0.1) is 0 Å². The van der Waals surface area contributed by atoms with Crippen LogP contribution in [0.4, 0.5) is 11.5 Å². The number of aryl methyl sites for hydroxylation is 1. The lowest BCUT2D eigenvalue weighted by Crippen LogP contribution is -2.14. The Morgan fingerprint density at radius 1 is 1.54 bits per heavy atom. The lowest BCUT2D eigenvalue weighted by molar-refractivity contribution is 0.476. The van der Waals surface area contributed by atoms with E-state index in [2.05, 4.69) is 5.10 Å². The fourth-order valence-electron chi connectivity index (χ4n) is 0.789. The van der Waals surface area contributed by atoms with Crippen molar-refractivity contribution < 1.29 is 13.0 Å². The van der Waals surface area contributed by atoms with E-state index in [-0.39, 0.29) is 18.1 Å². The number of anilines is 2. The number of aromatic nitrogens is 2. The first-order valence-corrected chi connectivity index (χ1v) is 5.03. The van der Waals surface area contributed by atoms with Crippen LogP contribution in [0.25, 0.3) is 0 Å². The molecule has 0 amide bonds. The number of nitrogens with two attached hydrogens (primary N) is 2. The van der Waals surface area contributed by atoms with Crippen molar-refractivity contribution in [3.8, 4) is 0 Å². The number of hydrogen-bond acceptors (Lipinski definition) is 5. The van der Waals surface area contributed by atoms with Crippen molar-refractivity contribution in [1.29, 1.82) is 0 Å². The van der Waals surface area contributed by atoms with Gasteiger partial charge in [0.05, 0.1) is 24.2 Å². The molecule has 74 valence electrons. The molecule has 0 spiro atoms. The van der Waals surface area contributed by atoms with E-state index in [9.17, 15) is 8.42 Å². The smallest absolute Gasteiger partial charge is 0.266 e. The van der Waals surface area contributed by atoms with E-state index in [0.717, 1.165) is 0 Å². The van der Waals surface area contributed by atoms with Crippen molar-refractivity contribution in [2.24, 2.45) is 0 Å². The highest BCUT2D eigenvalue weighted by molar-refractivity contribution is 7.85. The predicted molar refractivity (Wildman–Crippen MR) is 47.5 cm³/mol. The summed E-state index contributed by atoms with van der Waals surface area (Å²) in [5.74, 6) is -0.234. The zero-order valence-corrected chi connectivity index (χ0v) is 7.53. The Labute approximate surface area is 75.1 Å². The van der Waals surface area contributed by atoms with Crippen molar-refractivity contribution in [3.63, 3.8) is 0 Å². The molecule has 0 aliphatic heterocycles. The van der Waals surface area contributed by atoms with Crippen molar-refractivity contribution in [2.75, 3.05) is 17.2 Å². The van der Waals surface area contributed by atoms with Gasteiger partial charge in [0.1, 0.15) is 5.82 Å². The second kappa shape index (κ2) is 3.23. The summed E-state index contributed by atoms with van der Waals surface area (Å²) in [4.78, 5) is 0. The molecule has 7 nitrogen and oxygen atoms in total. The molecular weight excluding hydrogens is 196 g/mol. The van der Waals surface area contributed by atoms with E-state index in [1.54, 1.807) is 0 Å². The average Bonchev–Trinajstić information content (AvgIpc) is 2.29. The Morgan fingerprint density at radius 2 is 2.15 bits per heavy atom. The lowest BCUT2D eigenvalue weighted by atomic mass is 10.5. The molecule has 0 atom stereocenters. The van der Waals surface area contributed by atoms with Gasteiger partial charge in [0.25, 0.3) is 10.1 Å². The van der Waals surface area contributed by atoms with E-state index in [1.165, 1.54) is 10.9 Å². The van der Waals surface area contributed by atoms with Crippen LogP contribution in [0.3, 0.4) is 0 Å². The monoisotopic (exact) mass is 206 g/mol. The molecule has 0 aliphatic carbocycles. The van der Waals surface area contributed by atoms with Crippen LogP contribution < -0.4 is 11.5 Å². The number of rotatable bonds is 3. The van der Waals surface area contributed by atoms with Gasteiger partial charge in [0, 0.05) is 0 Å². The van der Waals surface area contributed by atoms with E-state index >= 15 is 0 Å². The topological polar surface area (TPSA) is 124 Å². The minimum absolute atomic E-state index is 0.0120. The van der Waals surface area contributed by atoms with Gasteiger partial charge in [-0.2, -0.15) is 13.5 Å². The molecule has 0 radical (unpaired) electrons. The second-order valence-electron chi connectivity index (χ2n) is 2.49. The van der Waals surface area contributed by atoms with Crippen LogP contribution in [0.15, 0.2) is 6.20 Å². The van der Waals surface area contributed by atoms with Gasteiger partial charge in [-0.3, -0.25) is 4.55 Å². The molecule has 0 bridgehead atoms. The van der Waals surface area contributed by atoms with E-state index in [4.69, 9.17) is 16.0 Å². The summed E-state index contributed by atoms with van der Waals surface area (Å²) < 4.78 is 30.4. The van der Waals surface area contributed by atoms with Crippen LogP contribution in [-0.4, -0.2) is 28.5 Å². The van der Waals surface area contributed by atoms with Gasteiger partial charge < -0.3 is 11.5 Å². The minimum atomic E-state index is -3.99. The fraction of sp³-hybridized carbons (Fsp3) is 0.400. The summed E-state index contributed by atoms with van der Waals surface area (Å²) in [7, 11) is -3.99. The van der Waals surface area contributed by atoms with E-state index in [1.807, 2.05) is 0 Å². The molecule has 5 N–H and O–H groups in total. The zero-order valence-electron chi connectivity index (χ0n) is 6.71. The summed E-state index contributed by atoms with van der Waals surface area (Å²) in [5.41, 5.74) is 11.1. The highest BCUT2D eigenvalue weighted by Gasteiger charge is 2.08. The zero-order chi connectivity index (χ0) is 10.1. The first-order chi connectivity index (χ1) is 5.90.